The van der Waals surface area contributed by atoms with Gasteiger partial charge in [0.05, 0.1) is 45.6 Å². The summed E-state index contributed by atoms with van der Waals surface area (Å²) in [5.41, 5.74) is 4.70. The third-order valence-corrected chi connectivity index (χ3v) is 4.01. The van der Waals surface area contributed by atoms with Crippen molar-refractivity contribution < 1.29 is 19.0 Å². The zero-order chi connectivity index (χ0) is 20.6. The Hall–Kier alpha value is -3.94. The number of methoxy groups -OCH3 is 3. The standard InChI is InChI=1S/C21H20N4O4/c1-27-16-6-4-15(5-7-16)19-12-22-13-20(24-19)21(26)25-23-11-14-8-17(28-2)10-18(9-14)29-3/h4-13H,1-3H3,(H,25,26)/b23-11+. The molecule has 0 radical (unpaired) electrons. The maximum absolute atomic E-state index is 12.4. The molecule has 2 aromatic carbocycles. The molecule has 0 unspecified atom stereocenters. The van der Waals surface area contributed by atoms with Crippen LogP contribution >= 0.6 is 0 Å². The third kappa shape index (κ3) is 5.07. The molecule has 0 saturated carbocycles. The largest absolute Gasteiger partial charge is 0.497 e. The molecule has 0 spiro atoms. The summed E-state index contributed by atoms with van der Waals surface area (Å²) >= 11 is 0. The number of benzene rings is 2. The van der Waals surface area contributed by atoms with Crippen LogP contribution in [0.4, 0.5) is 0 Å². The highest BCUT2D eigenvalue weighted by molar-refractivity contribution is 5.93. The molecule has 0 aliphatic carbocycles. The zero-order valence-electron chi connectivity index (χ0n) is 16.2. The molecule has 3 aromatic rings. The monoisotopic (exact) mass is 392 g/mol. The molecule has 0 aliphatic heterocycles. The molecule has 0 fully saturated rings. The second-order valence-electron chi connectivity index (χ2n) is 5.86. The Kier molecular flexibility index (Phi) is 6.36. The molecular weight excluding hydrogens is 372 g/mol. The summed E-state index contributed by atoms with van der Waals surface area (Å²) in [6, 6.07) is 12.6. The Bertz CT molecular complexity index is 997. The lowest BCUT2D eigenvalue weighted by molar-refractivity contribution is 0.0950. The van der Waals surface area contributed by atoms with E-state index in [9.17, 15) is 4.79 Å². The third-order valence-electron chi connectivity index (χ3n) is 4.01. The topological polar surface area (TPSA) is 94.9 Å². The number of rotatable bonds is 7. The first kappa shape index (κ1) is 19.8. The fourth-order valence-electron chi connectivity index (χ4n) is 2.50. The highest BCUT2D eigenvalue weighted by Gasteiger charge is 2.09. The smallest absolute Gasteiger partial charge is 0.291 e. The van der Waals surface area contributed by atoms with Crippen molar-refractivity contribution in [2.45, 2.75) is 0 Å². The van der Waals surface area contributed by atoms with Gasteiger partial charge in [0, 0.05) is 17.2 Å². The number of nitrogens with one attached hydrogen (secondary N) is 1. The van der Waals surface area contributed by atoms with Crippen molar-refractivity contribution in [1.29, 1.82) is 0 Å². The minimum absolute atomic E-state index is 0.152. The molecule has 0 aliphatic rings. The number of hydrogen-bond acceptors (Lipinski definition) is 7. The van der Waals surface area contributed by atoms with Crippen molar-refractivity contribution in [2.75, 3.05) is 21.3 Å². The first-order valence-corrected chi connectivity index (χ1v) is 8.66. The van der Waals surface area contributed by atoms with Crippen LogP contribution in [-0.4, -0.2) is 43.4 Å². The van der Waals surface area contributed by atoms with E-state index in [0.29, 0.717) is 22.8 Å². The van der Waals surface area contributed by atoms with Gasteiger partial charge in [-0.1, -0.05) is 0 Å². The van der Waals surface area contributed by atoms with Crippen LogP contribution in [0.3, 0.4) is 0 Å². The van der Waals surface area contributed by atoms with Crippen molar-refractivity contribution >= 4 is 12.1 Å². The number of nitrogens with zero attached hydrogens (tertiary/aromatic N) is 3. The lowest BCUT2D eigenvalue weighted by atomic mass is 10.1. The molecule has 1 N–H and O–H groups in total. The van der Waals surface area contributed by atoms with Crippen molar-refractivity contribution in [3.63, 3.8) is 0 Å². The first-order valence-electron chi connectivity index (χ1n) is 8.66. The van der Waals surface area contributed by atoms with E-state index >= 15 is 0 Å². The van der Waals surface area contributed by atoms with Crippen LogP contribution in [0.2, 0.25) is 0 Å². The van der Waals surface area contributed by atoms with E-state index < -0.39 is 5.91 Å². The molecule has 8 heteroatoms. The van der Waals surface area contributed by atoms with E-state index in [0.717, 1.165) is 11.3 Å². The van der Waals surface area contributed by atoms with E-state index in [4.69, 9.17) is 14.2 Å². The Morgan fingerprint density at radius 1 is 0.931 bits per heavy atom. The van der Waals surface area contributed by atoms with Crippen LogP contribution in [0, 0.1) is 0 Å². The Morgan fingerprint density at radius 2 is 1.59 bits per heavy atom. The van der Waals surface area contributed by atoms with Crippen molar-refractivity contribution in [1.82, 2.24) is 15.4 Å². The average molecular weight is 392 g/mol. The van der Waals surface area contributed by atoms with Gasteiger partial charge in [0.1, 0.15) is 22.9 Å². The van der Waals surface area contributed by atoms with Gasteiger partial charge in [0.15, 0.2) is 0 Å². The number of ether oxygens (including phenoxy) is 3. The van der Waals surface area contributed by atoms with Gasteiger partial charge < -0.3 is 14.2 Å². The lowest BCUT2D eigenvalue weighted by Gasteiger charge is -2.06. The number of hydrazone groups is 1. The van der Waals surface area contributed by atoms with Crippen LogP contribution in [-0.2, 0) is 0 Å². The number of carbonyl (C=O) groups excluding carboxylic acids is 1. The minimum Gasteiger partial charge on any atom is -0.497 e. The van der Waals surface area contributed by atoms with E-state index in [-0.39, 0.29) is 5.69 Å². The van der Waals surface area contributed by atoms with Gasteiger partial charge in [-0.2, -0.15) is 5.10 Å². The first-order chi connectivity index (χ1) is 14.1. The van der Waals surface area contributed by atoms with E-state index in [1.54, 1.807) is 45.7 Å². The molecule has 3 rings (SSSR count). The molecule has 1 amide bonds. The quantitative estimate of drug-likeness (QED) is 0.491. The maximum Gasteiger partial charge on any atom is 0.291 e. The molecule has 1 heterocycles. The Morgan fingerprint density at radius 3 is 2.21 bits per heavy atom. The van der Waals surface area contributed by atoms with Crippen molar-refractivity contribution in [3.05, 3.63) is 66.1 Å². The number of carbonyl (C=O) groups is 1. The molecule has 0 atom stereocenters. The van der Waals surface area contributed by atoms with Crippen LogP contribution in [0.1, 0.15) is 16.1 Å². The second-order valence-corrected chi connectivity index (χ2v) is 5.86. The number of hydrogen-bond donors (Lipinski definition) is 1. The summed E-state index contributed by atoms with van der Waals surface area (Å²) in [7, 11) is 4.72. The number of amides is 1. The Balaban J connectivity index is 1.72. The highest BCUT2D eigenvalue weighted by atomic mass is 16.5. The van der Waals surface area contributed by atoms with Gasteiger partial charge in [-0.3, -0.25) is 9.78 Å². The fraction of sp³-hybridized carbons (Fsp3) is 0.143. The zero-order valence-corrected chi connectivity index (χ0v) is 16.2. The van der Waals surface area contributed by atoms with Crippen LogP contribution < -0.4 is 19.6 Å². The van der Waals surface area contributed by atoms with Crippen LogP contribution in [0.15, 0.2) is 60.0 Å². The second kappa shape index (κ2) is 9.32. The van der Waals surface area contributed by atoms with Crippen LogP contribution in [0.25, 0.3) is 11.3 Å². The fourth-order valence-corrected chi connectivity index (χ4v) is 2.50. The summed E-state index contributed by atoms with van der Waals surface area (Å²) in [5, 5.41) is 3.97. The molecule has 0 bridgehead atoms. The SMILES string of the molecule is COc1ccc(-c2cncc(C(=O)N/N=C/c3cc(OC)cc(OC)c3)n2)cc1. The summed E-state index contributed by atoms with van der Waals surface area (Å²) in [6.07, 6.45) is 4.46. The van der Waals surface area contributed by atoms with Gasteiger partial charge >= 0.3 is 0 Å². The number of aromatic nitrogens is 2. The lowest BCUT2D eigenvalue weighted by Crippen LogP contribution is -2.19. The van der Waals surface area contributed by atoms with Gasteiger partial charge in [0.2, 0.25) is 0 Å². The van der Waals surface area contributed by atoms with Gasteiger partial charge in [-0.15, -0.1) is 0 Å². The summed E-state index contributed by atoms with van der Waals surface area (Å²) in [6.45, 7) is 0. The molecular formula is C21H20N4O4. The van der Waals surface area contributed by atoms with Crippen molar-refractivity contribution in [2.24, 2.45) is 5.10 Å². The predicted octanol–water partition coefficient (Wildman–Crippen LogP) is 2.93. The van der Waals surface area contributed by atoms with Gasteiger partial charge in [0.25, 0.3) is 5.91 Å². The molecule has 148 valence electrons. The average Bonchev–Trinajstić information content (AvgIpc) is 2.78. The summed E-state index contributed by atoms with van der Waals surface area (Å²) < 4.78 is 15.6. The molecule has 29 heavy (non-hydrogen) atoms. The predicted molar refractivity (Wildman–Crippen MR) is 109 cm³/mol. The molecule has 1 aromatic heterocycles. The summed E-state index contributed by atoms with van der Waals surface area (Å²) in [4.78, 5) is 20.8. The highest BCUT2D eigenvalue weighted by Crippen LogP contribution is 2.22. The van der Waals surface area contributed by atoms with E-state index in [1.165, 1.54) is 12.4 Å². The Labute approximate surface area is 168 Å². The van der Waals surface area contributed by atoms with Gasteiger partial charge in [-0.05, 0) is 36.4 Å². The van der Waals surface area contributed by atoms with Crippen molar-refractivity contribution in [3.8, 4) is 28.5 Å². The molecule has 0 saturated heterocycles. The maximum atomic E-state index is 12.4. The summed E-state index contributed by atoms with van der Waals surface area (Å²) in [5.74, 6) is 1.50. The van der Waals surface area contributed by atoms with E-state index in [1.807, 2.05) is 24.3 Å². The van der Waals surface area contributed by atoms with Crippen LogP contribution in [0.5, 0.6) is 17.2 Å². The van der Waals surface area contributed by atoms with Gasteiger partial charge in [-0.25, -0.2) is 10.4 Å². The van der Waals surface area contributed by atoms with E-state index in [2.05, 4.69) is 20.5 Å². The normalized spacial score (nSPS) is 10.6. The molecule has 8 nitrogen and oxygen atoms in total. The minimum atomic E-state index is -0.473.